The van der Waals surface area contributed by atoms with Gasteiger partial charge in [0.25, 0.3) is 0 Å². The number of furan rings is 1. The first kappa shape index (κ1) is 13.9. The van der Waals surface area contributed by atoms with Crippen LogP contribution in [0.25, 0.3) is 11.0 Å². The van der Waals surface area contributed by atoms with Crippen LogP contribution >= 0.6 is 0 Å². The molecule has 2 unspecified atom stereocenters. The van der Waals surface area contributed by atoms with Gasteiger partial charge in [0.2, 0.25) is 0 Å². The molecular formula is C18H18O3. The van der Waals surface area contributed by atoms with E-state index in [1.165, 1.54) is 0 Å². The number of aliphatic hydroxyl groups excluding tert-OH is 1. The summed E-state index contributed by atoms with van der Waals surface area (Å²) in [6, 6.07) is 19.3. The minimum absolute atomic E-state index is 0.434. The molecule has 0 aliphatic rings. The summed E-state index contributed by atoms with van der Waals surface area (Å²) >= 11 is 0. The van der Waals surface area contributed by atoms with E-state index in [-0.39, 0.29) is 0 Å². The van der Waals surface area contributed by atoms with Crippen LogP contribution in [0.5, 0.6) is 0 Å². The van der Waals surface area contributed by atoms with Crippen molar-refractivity contribution in [2.75, 3.05) is 6.61 Å². The van der Waals surface area contributed by atoms with Crippen LogP contribution < -0.4 is 0 Å². The van der Waals surface area contributed by atoms with Crippen molar-refractivity contribution in [2.45, 2.75) is 19.1 Å². The van der Waals surface area contributed by atoms with Crippen molar-refractivity contribution in [3.8, 4) is 0 Å². The van der Waals surface area contributed by atoms with Crippen molar-refractivity contribution in [3.05, 3.63) is 72.0 Å². The lowest BCUT2D eigenvalue weighted by molar-refractivity contribution is -0.0443. The molecule has 0 radical (unpaired) electrons. The van der Waals surface area contributed by atoms with E-state index in [1.807, 2.05) is 67.6 Å². The topological polar surface area (TPSA) is 42.6 Å². The third kappa shape index (κ3) is 2.84. The quantitative estimate of drug-likeness (QED) is 0.761. The summed E-state index contributed by atoms with van der Waals surface area (Å²) in [5.74, 6) is 0.526. The number of benzene rings is 2. The Hall–Kier alpha value is -2.10. The molecule has 3 heteroatoms. The second-order valence-electron chi connectivity index (χ2n) is 4.92. The first-order valence-corrected chi connectivity index (χ1v) is 7.12. The average molecular weight is 282 g/mol. The number of rotatable bonds is 5. The summed E-state index contributed by atoms with van der Waals surface area (Å²) < 4.78 is 11.5. The molecule has 0 saturated heterocycles. The minimum atomic E-state index is -0.834. The Morgan fingerprint density at radius 1 is 1.05 bits per heavy atom. The number of para-hydroxylation sites is 1. The van der Waals surface area contributed by atoms with Gasteiger partial charge in [0.05, 0.1) is 0 Å². The number of aliphatic hydroxyl groups is 1. The van der Waals surface area contributed by atoms with Crippen molar-refractivity contribution in [3.63, 3.8) is 0 Å². The van der Waals surface area contributed by atoms with Crippen molar-refractivity contribution >= 4 is 11.0 Å². The van der Waals surface area contributed by atoms with Crippen LogP contribution in [0.3, 0.4) is 0 Å². The van der Waals surface area contributed by atoms with Gasteiger partial charge in [-0.05, 0) is 24.6 Å². The maximum Gasteiger partial charge on any atom is 0.142 e. The number of hydrogen-bond donors (Lipinski definition) is 1. The van der Waals surface area contributed by atoms with Gasteiger partial charge in [-0.15, -0.1) is 0 Å². The fraction of sp³-hybridized carbons (Fsp3) is 0.222. The molecule has 3 rings (SSSR count). The molecule has 108 valence electrons. The fourth-order valence-corrected chi connectivity index (χ4v) is 2.49. The van der Waals surface area contributed by atoms with Crippen LogP contribution in [-0.2, 0) is 4.74 Å². The lowest BCUT2D eigenvalue weighted by Gasteiger charge is -2.21. The standard InChI is InChI=1S/C18H18O3/c1-2-20-18(13-8-4-3-5-9-13)17(19)16-12-14-10-6-7-11-15(14)21-16/h3-12,17-19H,2H2,1H3. The second-order valence-corrected chi connectivity index (χ2v) is 4.92. The Morgan fingerprint density at radius 3 is 2.48 bits per heavy atom. The van der Waals surface area contributed by atoms with Crippen molar-refractivity contribution in [1.82, 2.24) is 0 Å². The molecule has 1 aromatic heterocycles. The third-order valence-corrected chi connectivity index (χ3v) is 3.50. The van der Waals surface area contributed by atoms with Gasteiger partial charge in [0, 0.05) is 12.0 Å². The van der Waals surface area contributed by atoms with Gasteiger partial charge in [-0.3, -0.25) is 0 Å². The maximum absolute atomic E-state index is 10.6. The highest BCUT2D eigenvalue weighted by Crippen LogP contribution is 2.34. The van der Waals surface area contributed by atoms with Gasteiger partial charge in [0.15, 0.2) is 0 Å². The maximum atomic E-state index is 10.6. The zero-order valence-electron chi connectivity index (χ0n) is 11.9. The monoisotopic (exact) mass is 282 g/mol. The van der Waals surface area contributed by atoms with E-state index in [4.69, 9.17) is 9.15 Å². The summed E-state index contributed by atoms with van der Waals surface area (Å²) in [6.07, 6.45) is -1.27. The molecule has 3 aromatic rings. The third-order valence-electron chi connectivity index (χ3n) is 3.50. The highest BCUT2D eigenvalue weighted by atomic mass is 16.5. The molecule has 0 aliphatic heterocycles. The van der Waals surface area contributed by atoms with E-state index in [0.29, 0.717) is 12.4 Å². The number of fused-ring (bicyclic) bond motifs is 1. The van der Waals surface area contributed by atoms with E-state index >= 15 is 0 Å². The lowest BCUT2D eigenvalue weighted by Crippen LogP contribution is -2.14. The Labute approximate surface area is 123 Å². The van der Waals surface area contributed by atoms with Gasteiger partial charge in [0.1, 0.15) is 23.6 Å². The Bertz CT molecular complexity index is 670. The van der Waals surface area contributed by atoms with Crippen LogP contribution in [0, 0.1) is 0 Å². The summed E-state index contributed by atoms with van der Waals surface area (Å²) in [7, 11) is 0. The minimum Gasteiger partial charge on any atom is -0.458 e. The van der Waals surface area contributed by atoms with E-state index in [1.54, 1.807) is 0 Å². The van der Waals surface area contributed by atoms with Gasteiger partial charge >= 0.3 is 0 Å². The number of ether oxygens (including phenoxy) is 1. The predicted octanol–water partition coefficient (Wildman–Crippen LogP) is 4.24. The predicted molar refractivity (Wildman–Crippen MR) is 82.0 cm³/mol. The molecule has 1 heterocycles. The van der Waals surface area contributed by atoms with Crippen LogP contribution in [0.2, 0.25) is 0 Å². The van der Waals surface area contributed by atoms with E-state index in [2.05, 4.69) is 0 Å². The molecule has 3 nitrogen and oxygen atoms in total. The molecule has 0 saturated carbocycles. The molecule has 0 fully saturated rings. The lowest BCUT2D eigenvalue weighted by atomic mass is 10.0. The number of hydrogen-bond acceptors (Lipinski definition) is 3. The first-order chi connectivity index (χ1) is 10.3. The smallest absolute Gasteiger partial charge is 0.142 e. The summed E-state index contributed by atoms with van der Waals surface area (Å²) in [4.78, 5) is 0. The van der Waals surface area contributed by atoms with E-state index < -0.39 is 12.2 Å². The molecule has 0 aliphatic carbocycles. The highest BCUT2D eigenvalue weighted by Gasteiger charge is 2.26. The molecule has 2 atom stereocenters. The molecule has 1 N–H and O–H groups in total. The molecule has 2 aromatic carbocycles. The van der Waals surface area contributed by atoms with Crippen molar-refractivity contribution in [2.24, 2.45) is 0 Å². The van der Waals surface area contributed by atoms with Crippen LogP contribution in [0.1, 0.15) is 30.5 Å². The Morgan fingerprint density at radius 2 is 1.76 bits per heavy atom. The highest BCUT2D eigenvalue weighted by molar-refractivity contribution is 5.77. The summed E-state index contributed by atoms with van der Waals surface area (Å²) in [5.41, 5.74) is 1.71. The average Bonchev–Trinajstić information content (AvgIpc) is 2.97. The Balaban J connectivity index is 1.95. The summed E-state index contributed by atoms with van der Waals surface area (Å²) in [6.45, 7) is 2.44. The molecule has 0 bridgehead atoms. The van der Waals surface area contributed by atoms with Gasteiger partial charge in [-0.25, -0.2) is 0 Å². The van der Waals surface area contributed by atoms with Gasteiger partial charge in [-0.2, -0.15) is 0 Å². The van der Waals surface area contributed by atoms with Crippen LogP contribution in [0.15, 0.2) is 65.1 Å². The van der Waals surface area contributed by atoms with Gasteiger partial charge < -0.3 is 14.3 Å². The molecule has 21 heavy (non-hydrogen) atoms. The summed E-state index contributed by atoms with van der Waals surface area (Å²) in [5, 5.41) is 11.6. The van der Waals surface area contributed by atoms with E-state index in [0.717, 1.165) is 16.5 Å². The SMILES string of the molecule is CCOC(c1ccccc1)C(O)c1cc2ccccc2o1. The van der Waals surface area contributed by atoms with Crippen LogP contribution in [-0.4, -0.2) is 11.7 Å². The normalized spacial score (nSPS) is 14.2. The fourth-order valence-electron chi connectivity index (χ4n) is 2.49. The van der Waals surface area contributed by atoms with Crippen molar-refractivity contribution in [1.29, 1.82) is 0 Å². The Kier molecular flexibility index (Phi) is 4.04. The van der Waals surface area contributed by atoms with Gasteiger partial charge in [-0.1, -0.05) is 48.5 Å². The molecule has 0 spiro atoms. The molecular weight excluding hydrogens is 264 g/mol. The molecule has 0 amide bonds. The van der Waals surface area contributed by atoms with Crippen LogP contribution in [0.4, 0.5) is 0 Å². The van der Waals surface area contributed by atoms with E-state index in [9.17, 15) is 5.11 Å². The first-order valence-electron chi connectivity index (χ1n) is 7.12. The largest absolute Gasteiger partial charge is 0.458 e. The van der Waals surface area contributed by atoms with Crippen molar-refractivity contribution < 1.29 is 14.3 Å². The zero-order chi connectivity index (χ0) is 14.7. The zero-order valence-corrected chi connectivity index (χ0v) is 11.9. The second kappa shape index (κ2) is 6.12.